The van der Waals surface area contributed by atoms with Crippen molar-refractivity contribution in [3.8, 4) is 55.9 Å². The average Bonchev–Trinajstić information content (AvgIpc) is 3.17. The molecule has 0 saturated carbocycles. The first-order valence-corrected chi connectivity index (χ1v) is 16.2. The second kappa shape index (κ2) is 11.7. The Labute approximate surface area is 278 Å². The molecule has 0 radical (unpaired) electrons. The van der Waals surface area contributed by atoms with Crippen molar-refractivity contribution >= 4 is 32.6 Å². The van der Waals surface area contributed by atoms with Gasteiger partial charge in [0.25, 0.3) is 0 Å². The van der Waals surface area contributed by atoms with E-state index in [-0.39, 0.29) is 0 Å². The molecule has 3 heteroatoms. The van der Waals surface area contributed by atoms with E-state index in [9.17, 15) is 0 Å². The number of rotatable bonds is 5. The predicted octanol–water partition coefficient (Wildman–Crippen LogP) is 11.7. The maximum absolute atomic E-state index is 5.42. The van der Waals surface area contributed by atoms with Crippen LogP contribution in [0.15, 0.2) is 176 Å². The number of fused-ring (bicyclic) bond motifs is 3. The predicted molar refractivity (Wildman–Crippen MR) is 200 cm³/mol. The van der Waals surface area contributed by atoms with Crippen molar-refractivity contribution in [3.63, 3.8) is 0 Å². The zero-order chi connectivity index (χ0) is 31.9. The Bertz CT molecular complexity index is 2580. The van der Waals surface area contributed by atoms with E-state index >= 15 is 0 Å². The minimum atomic E-state index is 0.856. The van der Waals surface area contributed by atoms with Crippen LogP contribution in [0.1, 0.15) is 0 Å². The number of nitrogens with zero attached hydrogens (tertiary/aromatic N) is 3. The van der Waals surface area contributed by atoms with Gasteiger partial charge in [0.15, 0.2) is 0 Å². The van der Waals surface area contributed by atoms with Crippen LogP contribution in [0.4, 0.5) is 0 Å². The van der Waals surface area contributed by atoms with Crippen LogP contribution in [0, 0.1) is 0 Å². The van der Waals surface area contributed by atoms with E-state index < -0.39 is 0 Å². The van der Waals surface area contributed by atoms with E-state index in [1.54, 1.807) is 0 Å². The largest absolute Gasteiger partial charge is 0.265 e. The lowest BCUT2D eigenvalue weighted by Crippen LogP contribution is -1.98. The SMILES string of the molecule is c1ccc(-c2nc3cc(-c4cccc5ccccc45)c(-c4cccc5ccccc45)cc3nc2-c2ccc(-c3ccncc3)cc2)cc1. The highest BCUT2D eigenvalue weighted by Crippen LogP contribution is 2.42. The fourth-order valence-electron chi connectivity index (χ4n) is 6.83. The zero-order valence-corrected chi connectivity index (χ0v) is 26.1. The van der Waals surface area contributed by atoms with E-state index in [0.717, 1.165) is 55.8 Å². The van der Waals surface area contributed by atoms with Crippen LogP contribution in [0.2, 0.25) is 0 Å². The molecule has 224 valence electrons. The highest BCUT2D eigenvalue weighted by Gasteiger charge is 2.19. The van der Waals surface area contributed by atoms with Gasteiger partial charge in [-0.2, -0.15) is 0 Å². The molecule has 0 unspecified atom stereocenters. The summed E-state index contributed by atoms with van der Waals surface area (Å²) < 4.78 is 0. The molecule has 0 N–H and O–H groups in total. The number of hydrogen-bond acceptors (Lipinski definition) is 3. The summed E-state index contributed by atoms with van der Waals surface area (Å²) in [7, 11) is 0. The molecule has 0 fully saturated rings. The molecule has 7 aromatic carbocycles. The second-order valence-electron chi connectivity index (χ2n) is 12.0. The molecule has 0 bridgehead atoms. The van der Waals surface area contributed by atoms with E-state index in [4.69, 9.17) is 9.97 Å². The maximum Gasteiger partial charge on any atom is 0.0973 e. The van der Waals surface area contributed by atoms with Gasteiger partial charge in [0, 0.05) is 23.5 Å². The van der Waals surface area contributed by atoms with Crippen molar-refractivity contribution in [3.05, 3.63) is 176 Å². The molecule has 0 atom stereocenters. The van der Waals surface area contributed by atoms with E-state index in [0.29, 0.717) is 0 Å². The standard InChI is InChI=1S/C45H29N3/c1-2-12-34(13-3-1)44-45(35-22-20-30(21-23-35)31-24-26-46-27-25-31)48-43-29-41(39-19-9-15-33-11-5-7-17-37(33)39)40(28-42(43)47-44)38-18-8-14-32-10-4-6-16-36(32)38/h1-29H. The zero-order valence-electron chi connectivity index (χ0n) is 26.1. The van der Waals surface area contributed by atoms with Crippen LogP contribution >= 0.6 is 0 Å². The third kappa shape index (κ3) is 4.90. The highest BCUT2D eigenvalue weighted by molar-refractivity contribution is 6.08. The molecule has 2 aromatic heterocycles. The van der Waals surface area contributed by atoms with Gasteiger partial charge in [0.05, 0.1) is 22.4 Å². The number of benzene rings is 7. The van der Waals surface area contributed by atoms with Gasteiger partial charge in [-0.3, -0.25) is 4.98 Å². The van der Waals surface area contributed by atoms with Crippen LogP contribution in [0.25, 0.3) is 88.5 Å². The lowest BCUT2D eigenvalue weighted by atomic mass is 9.88. The molecular weight excluding hydrogens is 583 g/mol. The lowest BCUT2D eigenvalue weighted by molar-refractivity contribution is 1.29. The molecule has 2 heterocycles. The third-order valence-corrected chi connectivity index (χ3v) is 9.18. The van der Waals surface area contributed by atoms with Crippen LogP contribution in [-0.4, -0.2) is 15.0 Å². The molecule has 3 nitrogen and oxygen atoms in total. The van der Waals surface area contributed by atoms with Gasteiger partial charge in [-0.1, -0.05) is 140 Å². The second-order valence-corrected chi connectivity index (χ2v) is 12.0. The van der Waals surface area contributed by atoms with Crippen molar-refractivity contribution < 1.29 is 0 Å². The summed E-state index contributed by atoms with van der Waals surface area (Å²) in [6.07, 6.45) is 3.65. The van der Waals surface area contributed by atoms with Gasteiger partial charge in [-0.25, -0.2) is 9.97 Å². The lowest BCUT2D eigenvalue weighted by Gasteiger charge is -2.17. The Morgan fingerprint density at radius 1 is 0.312 bits per heavy atom. The van der Waals surface area contributed by atoms with Crippen LogP contribution < -0.4 is 0 Å². The maximum atomic E-state index is 5.42. The minimum Gasteiger partial charge on any atom is -0.265 e. The number of aromatic nitrogens is 3. The van der Waals surface area contributed by atoms with Gasteiger partial charge in [-0.05, 0) is 79.2 Å². The van der Waals surface area contributed by atoms with Gasteiger partial charge >= 0.3 is 0 Å². The number of hydrogen-bond donors (Lipinski definition) is 0. The summed E-state index contributed by atoms with van der Waals surface area (Å²) >= 11 is 0. The summed E-state index contributed by atoms with van der Waals surface area (Å²) in [6.45, 7) is 0. The summed E-state index contributed by atoms with van der Waals surface area (Å²) in [4.78, 5) is 15.0. The first kappa shape index (κ1) is 27.8. The summed E-state index contributed by atoms with van der Waals surface area (Å²) in [5.41, 5.74) is 12.4. The molecule has 0 aliphatic rings. The summed E-state index contributed by atoms with van der Waals surface area (Å²) in [5.74, 6) is 0. The van der Waals surface area contributed by atoms with Crippen molar-refractivity contribution in [1.82, 2.24) is 15.0 Å². The Hall–Kier alpha value is -6.45. The molecule has 0 aliphatic carbocycles. The molecule has 9 aromatic rings. The van der Waals surface area contributed by atoms with Crippen molar-refractivity contribution in [2.75, 3.05) is 0 Å². The van der Waals surface area contributed by atoms with Crippen LogP contribution in [0.5, 0.6) is 0 Å². The Morgan fingerprint density at radius 3 is 1.31 bits per heavy atom. The Kier molecular flexibility index (Phi) is 6.80. The first-order valence-electron chi connectivity index (χ1n) is 16.2. The third-order valence-electron chi connectivity index (χ3n) is 9.18. The molecular formula is C45H29N3. The Balaban J connectivity index is 1.33. The molecule has 0 spiro atoms. The fraction of sp³-hybridized carbons (Fsp3) is 0. The summed E-state index contributed by atoms with van der Waals surface area (Å²) in [5, 5.41) is 4.84. The first-order chi connectivity index (χ1) is 23.8. The van der Waals surface area contributed by atoms with E-state index in [1.807, 2.05) is 30.6 Å². The smallest absolute Gasteiger partial charge is 0.0973 e. The highest BCUT2D eigenvalue weighted by atomic mass is 14.8. The van der Waals surface area contributed by atoms with Gasteiger partial charge in [0.1, 0.15) is 0 Å². The van der Waals surface area contributed by atoms with E-state index in [2.05, 4.69) is 151 Å². The fourth-order valence-corrected chi connectivity index (χ4v) is 6.83. The van der Waals surface area contributed by atoms with Gasteiger partial charge in [-0.15, -0.1) is 0 Å². The molecule has 0 saturated heterocycles. The van der Waals surface area contributed by atoms with Crippen molar-refractivity contribution in [1.29, 1.82) is 0 Å². The molecule has 48 heavy (non-hydrogen) atoms. The van der Waals surface area contributed by atoms with E-state index in [1.165, 1.54) is 32.7 Å². The Morgan fingerprint density at radius 2 is 0.750 bits per heavy atom. The van der Waals surface area contributed by atoms with Gasteiger partial charge < -0.3 is 0 Å². The minimum absolute atomic E-state index is 0.856. The summed E-state index contributed by atoms with van der Waals surface area (Å²) in [6, 6.07) is 57.8. The average molecular weight is 612 g/mol. The quantitative estimate of drug-likeness (QED) is 0.194. The van der Waals surface area contributed by atoms with Crippen molar-refractivity contribution in [2.45, 2.75) is 0 Å². The van der Waals surface area contributed by atoms with Gasteiger partial charge in [0.2, 0.25) is 0 Å². The van der Waals surface area contributed by atoms with Crippen LogP contribution in [-0.2, 0) is 0 Å². The molecule has 9 rings (SSSR count). The normalized spacial score (nSPS) is 11.3. The monoisotopic (exact) mass is 611 g/mol. The molecule has 0 aliphatic heterocycles. The number of pyridine rings is 1. The van der Waals surface area contributed by atoms with Crippen LogP contribution in [0.3, 0.4) is 0 Å². The molecule has 0 amide bonds. The van der Waals surface area contributed by atoms with Crippen molar-refractivity contribution in [2.24, 2.45) is 0 Å². The topological polar surface area (TPSA) is 38.7 Å².